The number of amides is 1. The molecular weight excluding hydrogens is 338 g/mol. The van der Waals surface area contributed by atoms with E-state index in [1.54, 1.807) is 24.3 Å². The Bertz CT molecular complexity index is 1030. The summed E-state index contributed by atoms with van der Waals surface area (Å²) in [6.45, 7) is 8.00. The van der Waals surface area contributed by atoms with Crippen molar-refractivity contribution in [3.05, 3.63) is 64.2 Å². The fourth-order valence-corrected chi connectivity index (χ4v) is 2.89. The Morgan fingerprint density at radius 3 is 2.37 bits per heavy atom. The van der Waals surface area contributed by atoms with Gasteiger partial charge >= 0.3 is 0 Å². The van der Waals surface area contributed by atoms with E-state index in [0.29, 0.717) is 22.4 Å². The summed E-state index contributed by atoms with van der Waals surface area (Å²) >= 11 is 0. The van der Waals surface area contributed by atoms with Crippen molar-refractivity contribution in [2.75, 3.05) is 5.32 Å². The van der Waals surface area contributed by atoms with E-state index in [1.165, 1.54) is 0 Å². The molecule has 0 bridgehead atoms. The summed E-state index contributed by atoms with van der Waals surface area (Å²) in [6, 6.07) is 10.3. The fraction of sp³-hybridized carbons (Fsp3) is 0.261. The fourth-order valence-electron chi connectivity index (χ4n) is 2.89. The second-order valence-electron chi connectivity index (χ2n) is 7.77. The second-order valence-corrected chi connectivity index (χ2v) is 7.77. The van der Waals surface area contributed by atoms with Gasteiger partial charge in [0.25, 0.3) is 5.91 Å². The minimum Gasteiger partial charge on any atom is -0.322 e. The van der Waals surface area contributed by atoms with Gasteiger partial charge in [0.05, 0.1) is 6.42 Å². The predicted molar refractivity (Wildman–Crippen MR) is 105 cm³/mol. The molecule has 1 aliphatic carbocycles. The molecule has 136 valence electrons. The molecule has 4 nitrogen and oxygen atoms in total. The predicted octanol–water partition coefficient (Wildman–Crippen LogP) is 4.41. The smallest absolute Gasteiger partial charge is 0.255 e. The van der Waals surface area contributed by atoms with E-state index in [4.69, 9.17) is 0 Å². The number of hydrogen-bond donors (Lipinski definition) is 1. The molecule has 0 saturated heterocycles. The molecule has 0 aliphatic heterocycles. The van der Waals surface area contributed by atoms with Crippen molar-refractivity contribution in [2.24, 2.45) is 5.41 Å². The van der Waals surface area contributed by atoms with Crippen LogP contribution in [0.2, 0.25) is 0 Å². The van der Waals surface area contributed by atoms with Gasteiger partial charge in [-0.2, -0.15) is 0 Å². The van der Waals surface area contributed by atoms with Gasteiger partial charge in [-0.05, 0) is 69.7 Å². The van der Waals surface area contributed by atoms with Crippen LogP contribution >= 0.6 is 0 Å². The SMILES string of the molecule is Cc1cc(C#CC(C)(C)C)ccc1C(=O)Nc1ccc2c(c1)C(=O)CC2=O. The molecule has 2 aromatic rings. The number of hydrogen-bond acceptors (Lipinski definition) is 3. The molecule has 0 atom stereocenters. The van der Waals surface area contributed by atoms with Gasteiger partial charge in [0.2, 0.25) is 0 Å². The Kier molecular flexibility index (Phi) is 4.72. The average molecular weight is 359 g/mol. The topological polar surface area (TPSA) is 63.2 Å². The Balaban J connectivity index is 1.81. The molecule has 0 heterocycles. The van der Waals surface area contributed by atoms with Crippen LogP contribution in [-0.2, 0) is 0 Å². The van der Waals surface area contributed by atoms with Crippen molar-refractivity contribution in [3.63, 3.8) is 0 Å². The van der Waals surface area contributed by atoms with Crippen LogP contribution in [0.25, 0.3) is 0 Å². The van der Waals surface area contributed by atoms with Crippen LogP contribution in [0, 0.1) is 24.2 Å². The maximum atomic E-state index is 12.6. The molecule has 3 rings (SSSR count). The van der Waals surface area contributed by atoms with Gasteiger partial charge in [-0.3, -0.25) is 14.4 Å². The highest BCUT2D eigenvalue weighted by Crippen LogP contribution is 2.25. The van der Waals surface area contributed by atoms with E-state index >= 15 is 0 Å². The number of anilines is 1. The van der Waals surface area contributed by atoms with Gasteiger partial charge in [-0.15, -0.1) is 0 Å². The number of rotatable bonds is 2. The first kappa shape index (κ1) is 18.6. The van der Waals surface area contributed by atoms with Gasteiger partial charge in [0.15, 0.2) is 11.6 Å². The molecule has 1 N–H and O–H groups in total. The number of nitrogens with one attached hydrogen (secondary N) is 1. The summed E-state index contributed by atoms with van der Waals surface area (Å²) in [5, 5.41) is 2.80. The zero-order valence-electron chi connectivity index (χ0n) is 15.9. The lowest BCUT2D eigenvalue weighted by Crippen LogP contribution is -2.14. The van der Waals surface area contributed by atoms with E-state index in [9.17, 15) is 14.4 Å². The summed E-state index contributed by atoms with van der Waals surface area (Å²) in [5.41, 5.74) is 3.44. The maximum Gasteiger partial charge on any atom is 0.255 e. The Morgan fingerprint density at radius 1 is 1.00 bits per heavy atom. The minimum absolute atomic E-state index is 0.0870. The van der Waals surface area contributed by atoms with Crippen molar-refractivity contribution in [2.45, 2.75) is 34.1 Å². The summed E-state index contributed by atoms with van der Waals surface area (Å²) in [5.74, 6) is 5.66. The number of carbonyl (C=O) groups excluding carboxylic acids is 3. The maximum absolute atomic E-state index is 12.6. The summed E-state index contributed by atoms with van der Waals surface area (Å²) in [6.07, 6.45) is -0.0943. The Labute approximate surface area is 159 Å². The van der Waals surface area contributed by atoms with Crippen LogP contribution in [-0.4, -0.2) is 17.5 Å². The highest BCUT2D eigenvalue weighted by Gasteiger charge is 2.27. The average Bonchev–Trinajstić information content (AvgIpc) is 2.86. The van der Waals surface area contributed by atoms with Crippen LogP contribution in [0.5, 0.6) is 0 Å². The number of benzene rings is 2. The van der Waals surface area contributed by atoms with E-state index in [-0.39, 0.29) is 29.3 Å². The molecule has 1 aliphatic rings. The van der Waals surface area contributed by atoms with E-state index in [0.717, 1.165) is 11.1 Å². The summed E-state index contributed by atoms with van der Waals surface area (Å²) in [7, 11) is 0. The number of aryl methyl sites for hydroxylation is 1. The van der Waals surface area contributed by atoms with Gasteiger partial charge in [0.1, 0.15) is 0 Å². The van der Waals surface area contributed by atoms with Crippen LogP contribution in [0.15, 0.2) is 36.4 Å². The van der Waals surface area contributed by atoms with Crippen molar-refractivity contribution in [3.8, 4) is 11.8 Å². The molecule has 0 spiro atoms. The Morgan fingerprint density at radius 2 is 1.70 bits per heavy atom. The lowest BCUT2D eigenvalue weighted by Gasteiger charge is -2.10. The van der Waals surface area contributed by atoms with Crippen molar-refractivity contribution < 1.29 is 14.4 Å². The number of Topliss-reactive ketones (excluding diaryl/α,β-unsaturated/α-hetero) is 2. The molecule has 2 aromatic carbocycles. The van der Waals surface area contributed by atoms with Gasteiger partial charge < -0.3 is 5.32 Å². The van der Waals surface area contributed by atoms with Crippen molar-refractivity contribution in [1.82, 2.24) is 0 Å². The standard InChI is InChI=1S/C23H21NO3/c1-14-11-15(9-10-23(2,3)4)5-7-17(14)22(27)24-16-6-8-18-19(12-16)21(26)13-20(18)25/h5-8,11-12H,13H2,1-4H3,(H,24,27). The highest BCUT2D eigenvalue weighted by atomic mass is 16.2. The first-order valence-corrected chi connectivity index (χ1v) is 8.80. The minimum atomic E-state index is -0.264. The third kappa shape index (κ3) is 4.15. The third-order valence-corrected chi connectivity index (χ3v) is 4.25. The second kappa shape index (κ2) is 6.85. The number of fused-ring (bicyclic) bond motifs is 1. The zero-order valence-corrected chi connectivity index (χ0v) is 15.9. The quantitative estimate of drug-likeness (QED) is 0.638. The Hall–Kier alpha value is -3.19. The molecular formula is C23H21NO3. The van der Waals surface area contributed by atoms with Gasteiger partial charge in [-0.25, -0.2) is 0 Å². The molecule has 0 radical (unpaired) electrons. The van der Waals surface area contributed by atoms with Crippen molar-refractivity contribution in [1.29, 1.82) is 0 Å². The molecule has 1 amide bonds. The lowest BCUT2D eigenvalue weighted by molar-refractivity contribution is 0.0921. The normalized spacial score (nSPS) is 13.0. The van der Waals surface area contributed by atoms with Crippen LogP contribution in [0.4, 0.5) is 5.69 Å². The number of carbonyl (C=O) groups is 3. The van der Waals surface area contributed by atoms with E-state index in [2.05, 4.69) is 17.2 Å². The zero-order chi connectivity index (χ0) is 19.8. The molecule has 27 heavy (non-hydrogen) atoms. The monoisotopic (exact) mass is 359 g/mol. The largest absolute Gasteiger partial charge is 0.322 e. The molecule has 0 aromatic heterocycles. The van der Waals surface area contributed by atoms with Crippen LogP contribution < -0.4 is 5.32 Å². The summed E-state index contributed by atoms with van der Waals surface area (Å²) < 4.78 is 0. The third-order valence-electron chi connectivity index (χ3n) is 4.25. The first-order chi connectivity index (χ1) is 12.6. The van der Waals surface area contributed by atoms with E-state index < -0.39 is 0 Å². The number of ketones is 2. The van der Waals surface area contributed by atoms with Crippen LogP contribution in [0.1, 0.15) is 69.4 Å². The molecule has 0 unspecified atom stereocenters. The van der Waals surface area contributed by atoms with Crippen molar-refractivity contribution >= 4 is 23.2 Å². The molecule has 0 saturated carbocycles. The van der Waals surface area contributed by atoms with Crippen LogP contribution in [0.3, 0.4) is 0 Å². The van der Waals surface area contributed by atoms with Gasteiger partial charge in [0, 0.05) is 33.4 Å². The first-order valence-electron chi connectivity index (χ1n) is 8.80. The lowest BCUT2D eigenvalue weighted by atomic mass is 9.97. The molecule has 4 heteroatoms. The summed E-state index contributed by atoms with van der Waals surface area (Å²) in [4.78, 5) is 36.2. The molecule has 0 fully saturated rings. The highest BCUT2D eigenvalue weighted by molar-refractivity contribution is 6.24. The van der Waals surface area contributed by atoms with Gasteiger partial charge in [-0.1, -0.05) is 11.8 Å². The van der Waals surface area contributed by atoms with E-state index in [1.807, 2.05) is 39.8 Å².